The minimum absolute atomic E-state index is 0.132. The van der Waals surface area contributed by atoms with Crippen LogP contribution in [0.1, 0.15) is 32.5 Å². The second kappa shape index (κ2) is 5.83. The lowest BCUT2D eigenvalue weighted by Crippen LogP contribution is -2.40. The first-order chi connectivity index (χ1) is 9.36. The monoisotopic (exact) mass is 301 g/mol. The Morgan fingerprint density at radius 3 is 2.50 bits per heavy atom. The molecule has 2 heterocycles. The molecule has 0 bridgehead atoms. The zero-order chi connectivity index (χ0) is 14.9. The Morgan fingerprint density at radius 2 is 2.05 bits per heavy atom. The van der Waals surface area contributed by atoms with E-state index in [4.69, 9.17) is 0 Å². The van der Waals surface area contributed by atoms with Crippen molar-refractivity contribution in [3.05, 3.63) is 12.0 Å². The Bertz CT molecular complexity index is 557. The van der Waals surface area contributed by atoms with E-state index in [2.05, 4.69) is 4.98 Å². The third-order valence-corrected chi connectivity index (χ3v) is 5.85. The summed E-state index contributed by atoms with van der Waals surface area (Å²) < 4.78 is 28.4. The van der Waals surface area contributed by atoms with E-state index in [1.54, 1.807) is 13.1 Å². The number of aliphatic hydroxyl groups is 1. The second-order valence-electron chi connectivity index (χ2n) is 5.39. The van der Waals surface area contributed by atoms with Crippen molar-refractivity contribution >= 4 is 10.0 Å². The van der Waals surface area contributed by atoms with Crippen molar-refractivity contribution in [2.45, 2.75) is 51.3 Å². The van der Waals surface area contributed by atoms with Crippen molar-refractivity contribution in [1.29, 1.82) is 0 Å². The lowest BCUT2D eigenvalue weighted by Gasteiger charge is -2.31. The topological polar surface area (TPSA) is 75.4 Å². The zero-order valence-corrected chi connectivity index (χ0v) is 13.1. The van der Waals surface area contributed by atoms with Crippen molar-refractivity contribution in [2.75, 3.05) is 13.1 Å². The van der Waals surface area contributed by atoms with Gasteiger partial charge in [-0.2, -0.15) is 4.31 Å². The summed E-state index contributed by atoms with van der Waals surface area (Å²) in [5, 5.41) is 9.70. The number of hydrogen-bond acceptors (Lipinski definition) is 4. The molecule has 0 radical (unpaired) electrons. The van der Waals surface area contributed by atoms with Crippen LogP contribution in [0.2, 0.25) is 0 Å². The molecule has 0 aliphatic carbocycles. The first-order valence-corrected chi connectivity index (χ1v) is 8.52. The van der Waals surface area contributed by atoms with Gasteiger partial charge in [0.2, 0.25) is 0 Å². The summed E-state index contributed by atoms with van der Waals surface area (Å²) in [7, 11) is -3.50. The Balaban J connectivity index is 2.15. The minimum Gasteiger partial charge on any atom is -0.393 e. The molecule has 6 nitrogen and oxygen atoms in total. The summed E-state index contributed by atoms with van der Waals surface area (Å²) in [6.45, 7) is 7.15. The molecule has 114 valence electrons. The number of aromatic nitrogens is 2. The lowest BCUT2D eigenvalue weighted by atomic mass is 9.93. The van der Waals surface area contributed by atoms with Gasteiger partial charge in [0.05, 0.1) is 6.10 Å². The second-order valence-corrected chi connectivity index (χ2v) is 7.28. The Morgan fingerprint density at radius 1 is 1.45 bits per heavy atom. The van der Waals surface area contributed by atoms with Crippen LogP contribution in [-0.4, -0.2) is 46.6 Å². The van der Waals surface area contributed by atoms with Crippen LogP contribution in [-0.2, 0) is 16.6 Å². The summed E-state index contributed by atoms with van der Waals surface area (Å²) in [5.41, 5.74) is 0. The average Bonchev–Trinajstić information content (AvgIpc) is 2.80. The van der Waals surface area contributed by atoms with E-state index in [9.17, 15) is 13.5 Å². The van der Waals surface area contributed by atoms with Crippen molar-refractivity contribution < 1.29 is 13.5 Å². The summed E-state index contributed by atoms with van der Waals surface area (Å²) in [4.78, 5) is 4.17. The SMILES string of the molecule is CCn1cc(S(=O)(=O)N2CCC(C(C)O)CC2)nc1C. The van der Waals surface area contributed by atoms with Crippen molar-refractivity contribution in [1.82, 2.24) is 13.9 Å². The number of aliphatic hydroxyl groups excluding tert-OH is 1. The van der Waals surface area contributed by atoms with E-state index in [1.165, 1.54) is 4.31 Å². The number of sulfonamides is 1. The Hall–Kier alpha value is -0.920. The molecule has 2 rings (SSSR count). The third kappa shape index (κ3) is 2.89. The number of piperidine rings is 1. The fourth-order valence-electron chi connectivity index (χ4n) is 2.65. The molecule has 1 aromatic rings. The fourth-order valence-corrected chi connectivity index (χ4v) is 4.12. The third-order valence-electron chi connectivity index (χ3n) is 4.08. The van der Waals surface area contributed by atoms with E-state index >= 15 is 0 Å². The average molecular weight is 301 g/mol. The molecule has 0 saturated carbocycles. The number of hydrogen-bond donors (Lipinski definition) is 1. The van der Waals surface area contributed by atoms with Crippen molar-refractivity contribution in [3.8, 4) is 0 Å². The van der Waals surface area contributed by atoms with Gasteiger partial charge in [-0.1, -0.05) is 0 Å². The van der Waals surface area contributed by atoms with E-state index in [1.807, 2.05) is 18.4 Å². The van der Waals surface area contributed by atoms with Crippen molar-refractivity contribution in [3.63, 3.8) is 0 Å². The van der Waals surface area contributed by atoms with Crippen LogP contribution >= 0.6 is 0 Å². The molecule has 1 aliphatic heterocycles. The van der Waals surface area contributed by atoms with Gasteiger partial charge in [0.1, 0.15) is 5.82 Å². The van der Waals surface area contributed by atoms with E-state index in [0.29, 0.717) is 38.3 Å². The van der Waals surface area contributed by atoms with Crippen molar-refractivity contribution in [2.24, 2.45) is 5.92 Å². The molecule has 0 amide bonds. The van der Waals surface area contributed by atoms with Gasteiger partial charge in [-0.05, 0) is 39.5 Å². The smallest absolute Gasteiger partial charge is 0.262 e. The van der Waals surface area contributed by atoms with Crippen LogP contribution in [0.3, 0.4) is 0 Å². The summed E-state index contributed by atoms with van der Waals surface area (Å²) in [6.07, 6.45) is 2.63. The van der Waals surface area contributed by atoms with Gasteiger partial charge in [0.25, 0.3) is 10.0 Å². The van der Waals surface area contributed by atoms with E-state index in [-0.39, 0.29) is 17.0 Å². The molecular formula is C13H23N3O3S. The van der Waals surface area contributed by atoms with E-state index in [0.717, 1.165) is 0 Å². The Kier molecular flexibility index (Phi) is 4.51. The standard InChI is InChI=1S/C13H23N3O3S/c1-4-15-9-13(14-11(15)3)20(18,19)16-7-5-12(6-8-16)10(2)17/h9-10,12,17H,4-8H2,1-3H3. The maximum Gasteiger partial charge on any atom is 0.262 e. The Labute approximate surface area is 120 Å². The summed E-state index contributed by atoms with van der Waals surface area (Å²) in [5.74, 6) is 0.904. The van der Waals surface area contributed by atoms with Crippen LogP contribution in [0.5, 0.6) is 0 Å². The highest BCUT2D eigenvalue weighted by molar-refractivity contribution is 7.89. The predicted octanol–water partition coefficient (Wildman–Crippen LogP) is 0.993. The molecule has 20 heavy (non-hydrogen) atoms. The number of rotatable bonds is 4. The highest BCUT2D eigenvalue weighted by Crippen LogP contribution is 2.25. The number of aryl methyl sites for hydroxylation is 2. The maximum atomic E-state index is 12.5. The molecule has 0 spiro atoms. The molecule has 1 aromatic heterocycles. The van der Waals surface area contributed by atoms with Gasteiger partial charge in [0, 0.05) is 25.8 Å². The minimum atomic E-state index is -3.50. The first kappa shape index (κ1) is 15.5. The molecule has 1 saturated heterocycles. The van der Waals surface area contributed by atoms with Crippen LogP contribution in [0.15, 0.2) is 11.2 Å². The summed E-state index contributed by atoms with van der Waals surface area (Å²) in [6, 6.07) is 0. The highest BCUT2D eigenvalue weighted by Gasteiger charge is 2.32. The predicted molar refractivity (Wildman–Crippen MR) is 75.8 cm³/mol. The zero-order valence-electron chi connectivity index (χ0n) is 12.3. The van der Waals surface area contributed by atoms with Crippen LogP contribution < -0.4 is 0 Å². The van der Waals surface area contributed by atoms with Crippen LogP contribution in [0.4, 0.5) is 0 Å². The molecule has 7 heteroatoms. The lowest BCUT2D eigenvalue weighted by molar-refractivity contribution is 0.0911. The first-order valence-electron chi connectivity index (χ1n) is 7.08. The molecule has 1 fully saturated rings. The molecule has 1 unspecified atom stereocenters. The normalized spacial score (nSPS) is 20.2. The van der Waals surface area contributed by atoms with Gasteiger partial charge < -0.3 is 9.67 Å². The quantitative estimate of drug-likeness (QED) is 0.900. The number of imidazole rings is 1. The van der Waals surface area contributed by atoms with Crippen LogP contribution in [0.25, 0.3) is 0 Å². The summed E-state index contributed by atoms with van der Waals surface area (Å²) >= 11 is 0. The van der Waals surface area contributed by atoms with E-state index < -0.39 is 10.0 Å². The molecular weight excluding hydrogens is 278 g/mol. The van der Waals surface area contributed by atoms with Crippen LogP contribution in [0, 0.1) is 12.8 Å². The maximum absolute atomic E-state index is 12.5. The van der Waals surface area contributed by atoms with Gasteiger partial charge in [0.15, 0.2) is 5.03 Å². The van der Waals surface area contributed by atoms with Gasteiger partial charge >= 0.3 is 0 Å². The number of nitrogens with zero attached hydrogens (tertiary/aromatic N) is 3. The highest BCUT2D eigenvalue weighted by atomic mass is 32.2. The fraction of sp³-hybridized carbons (Fsp3) is 0.769. The molecule has 1 N–H and O–H groups in total. The molecule has 1 atom stereocenters. The van der Waals surface area contributed by atoms with Gasteiger partial charge in [-0.15, -0.1) is 0 Å². The van der Waals surface area contributed by atoms with Gasteiger partial charge in [-0.25, -0.2) is 13.4 Å². The molecule has 1 aliphatic rings. The van der Waals surface area contributed by atoms with Gasteiger partial charge in [-0.3, -0.25) is 0 Å². The largest absolute Gasteiger partial charge is 0.393 e. The molecule has 0 aromatic carbocycles.